The van der Waals surface area contributed by atoms with E-state index >= 15 is 0 Å². The summed E-state index contributed by atoms with van der Waals surface area (Å²) in [6.45, 7) is 5.50. The van der Waals surface area contributed by atoms with Gasteiger partial charge in [-0.25, -0.2) is 13.2 Å². The molecule has 9 heteroatoms. The molecule has 7 nitrogen and oxygen atoms in total. The Morgan fingerprint density at radius 1 is 1.07 bits per heavy atom. The van der Waals surface area contributed by atoms with Crippen molar-refractivity contribution in [2.75, 3.05) is 12.3 Å². The van der Waals surface area contributed by atoms with Crippen LogP contribution in [-0.4, -0.2) is 48.2 Å². The molecule has 0 bridgehead atoms. The number of amides is 1. The number of aliphatic hydroxyl groups excluding tert-OH is 1. The van der Waals surface area contributed by atoms with E-state index in [1.165, 1.54) is 44.9 Å². The molecular formula is C19H40NNaO6S. The van der Waals surface area contributed by atoms with Gasteiger partial charge in [-0.2, -0.15) is 0 Å². The predicted molar refractivity (Wildman–Crippen MR) is 108 cm³/mol. The van der Waals surface area contributed by atoms with Crippen LogP contribution in [0, 0.1) is 0 Å². The Morgan fingerprint density at radius 3 is 2.00 bits per heavy atom. The molecule has 2 N–H and O–H groups in total. The van der Waals surface area contributed by atoms with E-state index < -0.39 is 33.7 Å². The maximum atomic E-state index is 11.7. The van der Waals surface area contributed by atoms with Gasteiger partial charge in [0.15, 0.2) is 0 Å². The fourth-order valence-electron chi connectivity index (χ4n) is 2.70. The van der Waals surface area contributed by atoms with Gasteiger partial charge in [-0.3, -0.25) is 0 Å². The van der Waals surface area contributed by atoms with Crippen LogP contribution >= 0.6 is 0 Å². The molecule has 0 radical (unpaired) electrons. The second-order valence-electron chi connectivity index (χ2n) is 7.49. The first-order valence-corrected chi connectivity index (χ1v) is 11.2. The number of nitrogens with one attached hydrogen (secondary N) is 1. The van der Waals surface area contributed by atoms with Crippen LogP contribution in [0.3, 0.4) is 0 Å². The van der Waals surface area contributed by atoms with Crippen molar-refractivity contribution in [2.45, 2.75) is 104 Å². The molecule has 0 aliphatic carbocycles. The van der Waals surface area contributed by atoms with Crippen molar-refractivity contribution in [1.82, 2.24) is 5.32 Å². The number of rotatable bonds is 15. The topological polar surface area (TPSA) is 116 Å². The molecule has 0 aliphatic heterocycles. The van der Waals surface area contributed by atoms with Gasteiger partial charge in [-0.1, -0.05) is 65.7 Å². The van der Waals surface area contributed by atoms with Crippen LogP contribution in [0.25, 0.3) is 0 Å². The first-order chi connectivity index (χ1) is 12.1. The minimum atomic E-state index is -4.53. The van der Waals surface area contributed by atoms with E-state index in [1.54, 1.807) is 0 Å². The van der Waals surface area contributed by atoms with Gasteiger partial charge in [-0.05, 0) is 26.7 Å². The van der Waals surface area contributed by atoms with Gasteiger partial charge in [0.2, 0.25) is 0 Å². The Bertz CT molecular complexity index is 485. The number of unbranched alkanes of at least 4 members (excludes halogenated alkanes) is 8. The van der Waals surface area contributed by atoms with E-state index in [0.29, 0.717) is 0 Å². The number of hydrogen-bond acceptors (Lipinski definition) is 6. The standard InChI is InChI=1S/C18H37NO6S.CH4.Na/c1-4-5-6-7-8-9-10-11-12-13-18(2,3)25-17(21)19-14-16(20)15-26(22,23)24;;/h16,20H,4-15H2,1-3H3,(H,19,21)(H,22,23,24);1H4;/q;;+1/p-1. The summed E-state index contributed by atoms with van der Waals surface area (Å²) in [5.41, 5.74) is -0.638. The molecule has 0 aromatic rings. The summed E-state index contributed by atoms with van der Waals surface area (Å²) in [6.07, 6.45) is 9.54. The molecule has 0 rings (SSSR count). The van der Waals surface area contributed by atoms with Crippen LogP contribution in [0.4, 0.5) is 4.79 Å². The Balaban J connectivity index is -0.00000312. The fourth-order valence-corrected chi connectivity index (χ4v) is 3.28. The number of alkyl carbamates (subject to hydrolysis) is 1. The average Bonchev–Trinajstić information content (AvgIpc) is 2.49. The molecule has 0 aromatic heterocycles. The summed E-state index contributed by atoms with van der Waals surface area (Å²) >= 11 is 0. The summed E-state index contributed by atoms with van der Waals surface area (Å²) in [7, 11) is -4.53. The van der Waals surface area contributed by atoms with E-state index in [-0.39, 0.29) is 43.5 Å². The van der Waals surface area contributed by atoms with Crippen molar-refractivity contribution in [2.24, 2.45) is 0 Å². The largest absolute Gasteiger partial charge is 1.00 e. The van der Waals surface area contributed by atoms with Crippen LogP contribution in [-0.2, 0) is 14.9 Å². The maximum absolute atomic E-state index is 11.7. The third-order valence-electron chi connectivity index (χ3n) is 4.13. The van der Waals surface area contributed by atoms with Crippen LogP contribution in [0.1, 0.15) is 92.4 Å². The maximum Gasteiger partial charge on any atom is 1.00 e. The van der Waals surface area contributed by atoms with Crippen molar-refractivity contribution in [3.8, 4) is 0 Å². The zero-order chi connectivity index (χ0) is 20.1. The number of carbonyl (C=O) groups is 1. The van der Waals surface area contributed by atoms with Gasteiger partial charge in [0, 0.05) is 6.54 Å². The van der Waals surface area contributed by atoms with Gasteiger partial charge in [0.05, 0.1) is 22.0 Å². The quantitative estimate of drug-likeness (QED) is 0.226. The van der Waals surface area contributed by atoms with Crippen LogP contribution in [0.2, 0.25) is 0 Å². The Morgan fingerprint density at radius 2 is 1.54 bits per heavy atom. The molecule has 0 spiro atoms. The SMILES string of the molecule is C.CCCCCCCCCCCC(C)(C)OC(=O)NCC(O)CS(=O)(=O)[O-].[Na+]. The Kier molecular flexibility index (Phi) is 21.0. The summed E-state index contributed by atoms with van der Waals surface area (Å²) in [6, 6.07) is 0. The zero-order valence-electron chi connectivity index (χ0n) is 17.5. The fraction of sp³-hybridized carbons (Fsp3) is 0.947. The third kappa shape index (κ3) is 22.4. The van der Waals surface area contributed by atoms with Gasteiger partial charge in [-0.15, -0.1) is 0 Å². The summed E-state index contributed by atoms with van der Waals surface area (Å²) < 4.78 is 36.8. The van der Waals surface area contributed by atoms with Crippen LogP contribution in [0.15, 0.2) is 0 Å². The van der Waals surface area contributed by atoms with E-state index in [2.05, 4.69) is 12.2 Å². The van der Waals surface area contributed by atoms with Gasteiger partial charge in [0.1, 0.15) is 5.60 Å². The van der Waals surface area contributed by atoms with Crippen molar-refractivity contribution < 1.29 is 57.2 Å². The molecular weight excluding hydrogens is 393 g/mol. The van der Waals surface area contributed by atoms with E-state index in [0.717, 1.165) is 19.3 Å². The molecule has 0 fully saturated rings. The summed E-state index contributed by atoms with van der Waals surface area (Å²) in [4.78, 5) is 11.7. The molecule has 0 saturated carbocycles. The van der Waals surface area contributed by atoms with Crippen LogP contribution in [0.5, 0.6) is 0 Å². The van der Waals surface area contributed by atoms with Gasteiger partial charge >= 0.3 is 35.7 Å². The Labute approximate surface area is 194 Å². The molecule has 0 heterocycles. The summed E-state index contributed by atoms with van der Waals surface area (Å²) in [5, 5.41) is 11.7. The molecule has 1 atom stereocenters. The van der Waals surface area contributed by atoms with Crippen molar-refractivity contribution in [1.29, 1.82) is 0 Å². The number of aliphatic hydroxyl groups is 1. The first kappa shape index (κ1) is 32.8. The molecule has 1 unspecified atom stereocenters. The predicted octanol–water partition coefficient (Wildman–Crippen LogP) is 0.958. The molecule has 0 aromatic carbocycles. The second-order valence-corrected chi connectivity index (χ2v) is 8.94. The Hall–Kier alpha value is 0.140. The second kappa shape index (κ2) is 18.0. The summed E-state index contributed by atoms with van der Waals surface area (Å²) in [5.74, 6) is -0.935. The van der Waals surface area contributed by atoms with E-state index in [1.807, 2.05) is 13.8 Å². The molecule has 28 heavy (non-hydrogen) atoms. The smallest absolute Gasteiger partial charge is 0.748 e. The van der Waals surface area contributed by atoms with Crippen LogP contribution < -0.4 is 34.9 Å². The minimum Gasteiger partial charge on any atom is -0.748 e. The van der Waals surface area contributed by atoms with Crippen molar-refractivity contribution in [3.63, 3.8) is 0 Å². The number of hydrogen-bond donors (Lipinski definition) is 2. The van der Waals surface area contributed by atoms with E-state index in [9.17, 15) is 22.9 Å². The number of carbonyl (C=O) groups excluding carboxylic acids is 1. The zero-order valence-corrected chi connectivity index (χ0v) is 20.3. The normalized spacial score (nSPS) is 12.5. The molecule has 1 amide bonds. The first-order valence-electron chi connectivity index (χ1n) is 9.64. The third-order valence-corrected chi connectivity index (χ3v) is 4.92. The molecule has 0 aliphatic rings. The van der Waals surface area contributed by atoms with Gasteiger partial charge in [0.25, 0.3) is 0 Å². The molecule has 0 saturated heterocycles. The van der Waals surface area contributed by atoms with Crippen molar-refractivity contribution >= 4 is 16.2 Å². The minimum absolute atomic E-state index is 0. The number of ether oxygens (including phenoxy) is 1. The monoisotopic (exact) mass is 433 g/mol. The average molecular weight is 434 g/mol. The van der Waals surface area contributed by atoms with Gasteiger partial charge < -0.3 is 19.7 Å². The van der Waals surface area contributed by atoms with E-state index in [4.69, 9.17) is 4.74 Å². The van der Waals surface area contributed by atoms with Crippen molar-refractivity contribution in [3.05, 3.63) is 0 Å². The molecule has 164 valence electrons.